The van der Waals surface area contributed by atoms with Crippen molar-refractivity contribution < 1.29 is 5.11 Å². The molecular formula is C16H33N3O. The number of piperidine rings is 1. The molecule has 2 N–H and O–H groups in total. The Labute approximate surface area is 124 Å². The molecule has 1 heterocycles. The molecule has 2 unspecified atom stereocenters. The van der Waals surface area contributed by atoms with Gasteiger partial charge in [0.05, 0.1) is 6.61 Å². The molecule has 1 aliphatic heterocycles. The Morgan fingerprint density at radius 1 is 1.25 bits per heavy atom. The van der Waals surface area contributed by atoms with E-state index < -0.39 is 0 Å². The molecule has 0 radical (unpaired) electrons. The number of nitrogens with one attached hydrogen (secondary N) is 1. The van der Waals surface area contributed by atoms with Crippen molar-refractivity contribution in [2.24, 2.45) is 0 Å². The van der Waals surface area contributed by atoms with E-state index in [9.17, 15) is 5.11 Å². The van der Waals surface area contributed by atoms with Gasteiger partial charge in [0, 0.05) is 17.6 Å². The summed E-state index contributed by atoms with van der Waals surface area (Å²) < 4.78 is 0. The standard InChI is InChI=1S/C16H33N3O/c1-4-9-17-16(13-20)8-5-15(12-16)19(3)14-6-10-18(2)11-7-14/h14-15,17,20H,4-13H2,1-3H3. The van der Waals surface area contributed by atoms with Crippen molar-refractivity contribution >= 4 is 0 Å². The molecule has 2 aliphatic rings. The monoisotopic (exact) mass is 283 g/mol. The lowest BCUT2D eigenvalue weighted by molar-refractivity contribution is 0.0972. The molecule has 118 valence electrons. The van der Waals surface area contributed by atoms with Gasteiger partial charge in [-0.1, -0.05) is 6.92 Å². The van der Waals surface area contributed by atoms with E-state index in [1.54, 1.807) is 0 Å². The second-order valence-corrected chi connectivity index (χ2v) is 6.96. The molecule has 2 atom stereocenters. The third kappa shape index (κ3) is 3.73. The van der Waals surface area contributed by atoms with Crippen LogP contribution in [0.5, 0.6) is 0 Å². The van der Waals surface area contributed by atoms with Crippen LogP contribution in [-0.2, 0) is 0 Å². The number of aliphatic hydroxyl groups excluding tert-OH is 1. The maximum absolute atomic E-state index is 9.80. The van der Waals surface area contributed by atoms with Gasteiger partial charge in [0.2, 0.25) is 0 Å². The predicted octanol–water partition coefficient (Wildman–Crippen LogP) is 1.30. The summed E-state index contributed by atoms with van der Waals surface area (Å²) in [7, 11) is 4.52. The average Bonchev–Trinajstić information content (AvgIpc) is 2.90. The Balaban J connectivity index is 1.87. The van der Waals surface area contributed by atoms with Crippen LogP contribution >= 0.6 is 0 Å². The van der Waals surface area contributed by atoms with Crippen LogP contribution in [0.15, 0.2) is 0 Å². The predicted molar refractivity (Wildman–Crippen MR) is 84.0 cm³/mol. The first-order chi connectivity index (χ1) is 9.60. The van der Waals surface area contributed by atoms with Gasteiger partial charge in [-0.25, -0.2) is 0 Å². The van der Waals surface area contributed by atoms with Crippen LogP contribution in [0.2, 0.25) is 0 Å². The first-order valence-corrected chi connectivity index (χ1v) is 8.36. The van der Waals surface area contributed by atoms with E-state index in [4.69, 9.17) is 0 Å². The van der Waals surface area contributed by atoms with E-state index in [-0.39, 0.29) is 12.1 Å². The lowest BCUT2D eigenvalue weighted by Gasteiger charge is -2.39. The highest BCUT2D eigenvalue weighted by molar-refractivity contribution is 5.00. The topological polar surface area (TPSA) is 38.7 Å². The normalized spacial score (nSPS) is 33.1. The van der Waals surface area contributed by atoms with Crippen molar-refractivity contribution in [3.63, 3.8) is 0 Å². The minimum Gasteiger partial charge on any atom is -0.394 e. The summed E-state index contributed by atoms with van der Waals surface area (Å²) in [6.45, 7) is 5.94. The van der Waals surface area contributed by atoms with Crippen molar-refractivity contribution in [3.8, 4) is 0 Å². The summed E-state index contributed by atoms with van der Waals surface area (Å²) in [6.07, 6.45) is 7.16. The molecule has 2 rings (SSSR count). The van der Waals surface area contributed by atoms with Gasteiger partial charge in [0.15, 0.2) is 0 Å². The Bertz CT molecular complexity index is 291. The molecule has 0 aromatic carbocycles. The lowest BCUT2D eigenvalue weighted by Crippen LogP contribution is -2.50. The number of rotatable bonds is 6. The van der Waals surface area contributed by atoms with E-state index in [0.717, 1.165) is 31.8 Å². The van der Waals surface area contributed by atoms with Crippen LogP contribution < -0.4 is 5.32 Å². The zero-order valence-electron chi connectivity index (χ0n) is 13.6. The van der Waals surface area contributed by atoms with Gasteiger partial charge in [-0.15, -0.1) is 0 Å². The Morgan fingerprint density at radius 3 is 2.55 bits per heavy atom. The SMILES string of the molecule is CCCNC1(CO)CCC(N(C)C2CCN(C)CC2)C1. The van der Waals surface area contributed by atoms with Gasteiger partial charge in [-0.2, -0.15) is 0 Å². The second-order valence-electron chi connectivity index (χ2n) is 6.96. The van der Waals surface area contributed by atoms with Crippen molar-refractivity contribution in [2.45, 2.75) is 63.1 Å². The first-order valence-electron chi connectivity index (χ1n) is 8.36. The Morgan fingerprint density at radius 2 is 1.95 bits per heavy atom. The summed E-state index contributed by atoms with van der Waals surface area (Å²) in [5.74, 6) is 0. The summed E-state index contributed by atoms with van der Waals surface area (Å²) in [4.78, 5) is 5.04. The van der Waals surface area contributed by atoms with E-state index in [1.807, 2.05) is 0 Å². The van der Waals surface area contributed by atoms with E-state index >= 15 is 0 Å². The van der Waals surface area contributed by atoms with Gasteiger partial charge in [-0.05, 0) is 72.3 Å². The minimum absolute atomic E-state index is 0.0135. The molecule has 0 bridgehead atoms. The fourth-order valence-electron chi connectivity index (χ4n) is 3.90. The van der Waals surface area contributed by atoms with Gasteiger partial charge in [0.25, 0.3) is 0 Å². The summed E-state index contributed by atoms with van der Waals surface area (Å²) in [5, 5.41) is 13.4. The molecule has 1 aliphatic carbocycles. The summed E-state index contributed by atoms with van der Waals surface area (Å²) in [6, 6.07) is 1.37. The minimum atomic E-state index is -0.0135. The fourth-order valence-corrected chi connectivity index (χ4v) is 3.90. The Hall–Kier alpha value is -0.160. The Kier molecular flexibility index (Phi) is 5.84. The number of nitrogens with zero attached hydrogens (tertiary/aromatic N) is 2. The third-order valence-corrected chi connectivity index (χ3v) is 5.48. The zero-order chi connectivity index (χ0) is 14.6. The molecule has 0 aromatic heterocycles. The lowest BCUT2D eigenvalue weighted by atomic mass is 9.97. The number of likely N-dealkylation sites (tertiary alicyclic amines) is 1. The van der Waals surface area contributed by atoms with Gasteiger partial charge < -0.3 is 20.2 Å². The van der Waals surface area contributed by atoms with Crippen molar-refractivity contribution in [1.29, 1.82) is 0 Å². The van der Waals surface area contributed by atoms with Crippen molar-refractivity contribution in [1.82, 2.24) is 15.1 Å². The highest BCUT2D eigenvalue weighted by Crippen LogP contribution is 2.34. The molecule has 0 amide bonds. The maximum atomic E-state index is 9.80. The van der Waals surface area contributed by atoms with Crippen LogP contribution in [0.3, 0.4) is 0 Å². The second kappa shape index (κ2) is 7.21. The van der Waals surface area contributed by atoms with E-state index in [2.05, 4.69) is 36.1 Å². The quantitative estimate of drug-likeness (QED) is 0.771. The van der Waals surface area contributed by atoms with E-state index in [1.165, 1.54) is 32.4 Å². The highest BCUT2D eigenvalue weighted by atomic mass is 16.3. The molecule has 1 saturated carbocycles. The molecule has 2 fully saturated rings. The van der Waals surface area contributed by atoms with Crippen LogP contribution in [0.1, 0.15) is 45.4 Å². The molecule has 1 saturated heterocycles. The zero-order valence-corrected chi connectivity index (χ0v) is 13.6. The molecule has 4 heteroatoms. The van der Waals surface area contributed by atoms with Gasteiger partial charge in [0.1, 0.15) is 0 Å². The molecule has 20 heavy (non-hydrogen) atoms. The van der Waals surface area contributed by atoms with Crippen LogP contribution in [0.4, 0.5) is 0 Å². The molecule has 0 spiro atoms. The third-order valence-electron chi connectivity index (χ3n) is 5.48. The molecular weight excluding hydrogens is 250 g/mol. The van der Waals surface area contributed by atoms with Crippen LogP contribution in [-0.4, -0.2) is 72.9 Å². The smallest absolute Gasteiger partial charge is 0.0613 e. The highest BCUT2D eigenvalue weighted by Gasteiger charge is 2.41. The summed E-state index contributed by atoms with van der Waals surface area (Å²) >= 11 is 0. The van der Waals surface area contributed by atoms with Gasteiger partial charge >= 0.3 is 0 Å². The molecule has 0 aromatic rings. The van der Waals surface area contributed by atoms with Gasteiger partial charge in [-0.3, -0.25) is 0 Å². The fraction of sp³-hybridized carbons (Fsp3) is 1.00. The molecule has 4 nitrogen and oxygen atoms in total. The van der Waals surface area contributed by atoms with E-state index in [0.29, 0.717) is 6.04 Å². The largest absolute Gasteiger partial charge is 0.394 e. The maximum Gasteiger partial charge on any atom is 0.0613 e. The number of hydrogen-bond acceptors (Lipinski definition) is 4. The summed E-state index contributed by atoms with van der Waals surface area (Å²) in [5.41, 5.74) is -0.0135. The van der Waals surface area contributed by atoms with Crippen molar-refractivity contribution in [3.05, 3.63) is 0 Å². The first kappa shape index (κ1) is 16.2. The van der Waals surface area contributed by atoms with Crippen LogP contribution in [0.25, 0.3) is 0 Å². The van der Waals surface area contributed by atoms with Crippen LogP contribution in [0, 0.1) is 0 Å². The van der Waals surface area contributed by atoms with Crippen molar-refractivity contribution in [2.75, 3.05) is 40.3 Å². The average molecular weight is 283 g/mol. The number of hydrogen-bond donors (Lipinski definition) is 2. The number of aliphatic hydroxyl groups is 1.